The number of benzene rings is 2. The summed E-state index contributed by atoms with van der Waals surface area (Å²) in [6.45, 7) is 2.10. The number of nitrogens with one attached hydrogen (secondary N) is 2. The minimum atomic E-state index is -1.09. The summed E-state index contributed by atoms with van der Waals surface area (Å²) in [6.07, 6.45) is 2.71. The van der Waals surface area contributed by atoms with Gasteiger partial charge >= 0.3 is 5.97 Å². The fraction of sp³-hybridized carbons (Fsp3) is 0.261. The number of carboxylic acids is 1. The number of carbonyl (C=O) groups excluding carboxylic acids is 2. The standard InChI is InChI=1S/C23H24N4O4S/c1-2-3-12-18(15-8-5-4-6-9-15)26-27-23-25-20(28)14-19(32-23)21(29)24-17-11-7-10-16(13-17)22(30)31/h4-11,13,19H,2-3,12,14H2,1H3,(H,24,29)(H,30,31)(H,25,27,28)/b26-18+/t19-/m1/s1. The highest BCUT2D eigenvalue weighted by Gasteiger charge is 2.30. The van der Waals surface area contributed by atoms with Gasteiger partial charge in [-0.1, -0.05) is 61.5 Å². The molecule has 0 aromatic heterocycles. The van der Waals surface area contributed by atoms with Gasteiger partial charge in [0.05, 0.1) is 11.3 Å². The van der Waals surface area contributed by atoms with Gasteiger partial charge in [-0.25, -0.2) is 4.79 Å². The zero-order valence-corrected chi connectivity index (χ0v) is 18.4. The highest BCUT2D eigenvalue weighted by atomic mass is 32.2. The van der Waals surface area contributed by atoms with Crippen molar-refractivity contribution in [2.75, 3.05) is 5.32 Å². The molecule has 1 fully saturated rings. The van der Waals surface area contributed by atoms with Gasteiger partial charge in [0.2, 0.25) is 11.8 Å². The second-order valence-electron chi connectivity index (χ2n) is 7.16. The van der Waals surface area contributed by atoms with Gasteiger partial charge < -0.3 is 15.7 Å². The monoisotopic (exact) mass is 452 g/mol. The SMILES string of the molecule is CCCC/C(=N\N=C1/NC(=O)C[C@H](C(=O)Nc2cccc(C(=O)O)c2)S1)c1ccccc1. The smallest absolute Gasteiger partial charge is 0.335 e. The molecule has 0 saturated carbocycles. The molecular weight excluding hydrogens is 428 g/mol. The number of carbonyl (C=O) groups is 3. The minimum Gasteiger partial charge on any atom is -0.478 e. The normalized spacial score (nSPS) is 17.7. The molecule has 0 bridgehead atoms. The highest BCUT2D eigenvalue weighted by Crippen LogP contribution is 2.23. The van der Waals surface area contributed by atoms with Crippen LogP contribution in [0.15, 0.2) is 64.8 Å². The number of nitrogens with zero attached hydrogens (tertiary/aromatic N) is 2. The van der Waals surface area contributed by atoms with Crippen LogP contribution in [-0.4, -0.2) is 39.0 Å². The Hall–Kier alpha value is -3.46. The molecular formula is C23H24N4O4S. The first kappa shape index (κ1) is 23.2. The second-order valence-corrected chi connectivity index (χ2v) is 8.35. The summed E-state index contributed by atoms with van der Waals surface area (Å²) >= 11 is 1.12. The lowest BCUT2D eigenvalue weighted by Crippen LogP contribution is -2.41. The Balaban J connectivity index is 1.74. The maximum Gasteiger partial charge on any atom is 0.335 e. The van der Waals surface area contributed by atoms with Gasteiger partial charge in [0.1, 0.15) is 5.25 Å². The van der Waals surface area contributed by atoms with Crippen molar-refractivity contribution in [2.24, 2.45) is 10.2 Å². The summed E-state index contributed by atoms with van der Waals surface area (Å²) in [6, 6.07) is 15.7. The van der Waals surface area contributed by atoms with E-state index in [-0.39, 0.29) is 23.1 Å². The van der Waals surface area contributed by atoms with Crippen LogP contribution in [0.5, 0.6) is 0 Å². The molecule has 0 aliphatic carbocycles. The Labute approximate surface area is 190 Å². The molecule has 0 spiro atoms. The Morgan fingerprint density at radius 2 is 1.91 bits per heavy atom. The minimum absolute atomic E-state index is 0.0147. The number of carboxylic acid groups (broad SMARTS) is 1. The molecule has 3 rings (SSSR count). The lowest BCUT2D eigenvalue weighted by molar-refractivity contribution is -0.123. The van der Waals surface area contributed by atoms with Crippen molar-refractivity contribution in [2.45, 2.75) is 37.9 Å². The Bertz CT molecular complexity index is 1050. The third-order valence-electron chi connectivity index (χ3n) is 4.68. The number of thioether (sulfide) groups is 1. The molecule has 8 nitrogen and oxygen atoms in total. The van der Waals surface area contributed by atoms with Gasteiger partial charge in [-0.3, -0.25) is 9.59 Å². The third kappa shape index (κ3) is 6.52. The summed E-state index contributed by atoms with van der Waals surface area (Å²) in [7, 11) is 0. The van der Waals surface area contributed by atoms with E-state index in [4.69, 9.17) is 5.11 Å². The van der Waals surface area contributed by atoms with E-state index in [9.17, 15) is 14.4 Å². The van der Waals surface area contributed by atoms with Crippen LogP contribution in [0.4, 0.5) is 5.69 Å². The molecule has 9 heteroatoms. The molecule has 1 aliphatic heterocycles. The van der Waals surface area contributed by atoms with Crippen molar-refractivity contribution < 1.29 is 19.5 Å². The zero-order chi connectivity index (χ0) is 22.9. The van der Waals surface area contributed by atoms with Crippen LogP contribution >= 0.6 is 11.8 Å². The number of aromatic carboxylic acids is 1. The topological polar surface area (TPSA) is 120 Å². The van der Waals surface area contributed by atoms with Gasteiger partial charge in [0.25, 0.3) is 0 Å². The van der Waals surface area contributed by atoms with E-state index >= 15 is 0 Å². The quantitative estimate of drug-likeness (QED) is 0.414. The van der Waals surface area contributed by atoms with Crippen molar-refractivity contribution in [3.05, 3.63) is 65.7 Å². The third-order valence-corrected chi connectivity index (χ3v) is 5.75. The largest absolute Gasteiger partial charge is 0.478 e. The first-order chi connectivity index (χ1) is 15.5. The molecule has 1 aliphatic rings. The van der Waals surface area contributed by atoms with Crippen LogP contribution in [-0.2, 0) is 9.59 Å². The number of amides is 2. The number of anilines is 1. The van der Waals surface area contributed by atoms with Crippen LogP contribution in [0.3, 0.4) is 0 Å². The molecule has 2 aromatic rings. The Kier molecular flexibility index (Phi) is 8.15. The number of hydrogen-bond acceptors (Lipinski definition) is 6. The Morgan fingerprint density at radius 3 is 2.62 bits per heavy atom. The number of hydrogen-bond donors (Lipinski definition) is 3. The molecule has 2 amide bonds. The molecule has 1 heterocycles. The molecule has 3 N–H and O–H groups in total. The van der Waals surface area contributed by atoms with Gasteiger partial charge in [0, 0.05) is 12.1 Å². The van der Waals surface area contributed by atoms with Crippen molar-refractivity contribution in [1.29, 1.82) is 0 Å². The van der Waals surface area contributed by atoms with E-state index < -0.39 is 17.1 Å². The van der Waals surface area contributed by atoms with Gasteiger partial charge in [-0.15, -0.1) is 5.10 Å². The highest BCUT2D eigenvalue weighted by molar-refractivity contribution is 8.15. The predicted molar refractivity (Wildman–Crippen MR) is 126 cm³/mol. The molecule has 1 saturated heterocycles. The lowest BCUT2D eigenvalue weighted by atomic mass is 10.1. The number of amidine groups is 1. The molecule has 32 heavy (non-hydrogen) atoms. The summed E-state index contributed by atoms with van der Waals surface area (Å²) in [5, 5.41) is 22.6. The van der Waals surface area contributed by atoms with Crippen molar-refractivity contribution in [3.8, 4) is 0 Å². The van der Waals surface area contributed by atoms with Crippen molar-refractivity contribution >= 4 is 46.1 Å². The van der Waals surface area contributed by atoms with Gasteiger partial charge in [-0.2, -0.15) is 5.10 Å². The molecule has 166 valence electrons. The molecule has 2 aromatic carbocycles. The summed E-state index contributed by atoms with van der Waals surface area (Å²) in [5.41, 5.74) is 2.19. The van der Waals surface area contributed by atoms with E-state index in [0.717, 1.165) is 42.3 Å². The van der Waals surface area contributed by atoms with Crippen LogP contribution in [0.2, 0.25) is 0 Å². The van der Waals surface area contributed by atoms with Crippen molar-refractivity contribution in [3.63, 3.8) is 0 Å². The van der Waals surface area contributed by atoms with Crippen molar-refractivity contribution in [1.82, 2.24) is 5.32 Å². The fourth-order valence-electron chi connectivity index (χ4n) is 3.02. The zero-order valence-electron chi connectivity index (χ0n) is 17.6. The van der Waals surface area contributed by atoms with Crippen LogP contribution in [0.25, 0.3) is 0 Å². The lowest BCUT2D eigenvalue weighted by Gasteiger charge is -2.21. The fourth-order valence-corrected chi connectivity index (χ4v) is 3.96. The molecule has 0 unspecified atom stereocenters. The van der Waals surface area contributed by atoms with E-state index in [1.54, 1.807) is 12.1 Å². The first-order valence-corrected chi connectivity index (χ1v) is 11.1. The van der Waals surface area contributed by atoms with Crippen LogP contribution in [0.1, 0.15) is 48.5 Å². The average Bonchev–Trinajstić information content (AvgIpc) is 2.79. The Morgan fingerprint density at radius 1 is 1.16 bits per heavy atom. The summed E-state index contributed by atoms with van der Waals surface area (Å²) < 4.78 is 0. The summed E-state index contributed by atoms with van der Waals surface area (Å²) in [5.74, 6) is -1.82. The van der Waals surface area contributed by atoms with E-state index in [0.29, 0.717) is 5.69 Å². The van der Waals surface area contributed by atoms with Gasteiger partial charge in [0.15, 0.2) is 5.17 Å². The number of rotatable bonds is 8. The maximum absolute atomic E-state index is 12.7. The number of unbranched alkanes of at least 4 members (excludes halogenated alkanes) is 1. The average molecular weight is 453 g/mol. The maximum atomic E-state index is 12.7. The van der Waals surface area contributed by atoms with Crippen LogP contribution in [0, 0.1) is 0 Å². The first-order valence-electron chi connectivity index (χ1n) is 10.3. The van der Waals surface area contributed by atoms with E-state index in [1.807, 2.05) is 30.3 Å². The predicted octanol–water partition coefficient (Wildman–Crippen LogP) is 3.90. The summed E-state index contributed by atoms with van der Waals surface area (Å²) in [4.78, 5) is 36.0. The molecule has 1 atom stereocenters. The van der Waals surface area contributed by atoms with Crippen LogP contribution < -0.4 is 10.6 Å². The molecule has 0 radical (unpaired) electrons. The van der Waals surface area contributed by atoms with Gasteiger partial charge in [-0.05, 0) is 36.6 Å². The van der Waals surface area contributed by atoms with E-state index in [1.165, 1.54) is 12.1 Å². The second kappa shape index (κ2) is 11.2. The van der Waals surface area contributed by atoms with E-state index in [2.05, 4.69) is 27.8 Å².